The second-order valence-corrected chi connectivity index (χ2v) is 10.2. The molecule has 2 aromatic carbocycles. The molecule has 126 valence electrons. The maximum atomic E-state index is 2.51. The van der Waals surface area contributed by atoms with Crippen LogP contribution in [0.1, 0.15) is 45.4 Å². The summed E-state index contributed by atoms with van der Waals surface area (Å²) in [5.74, 6) is 2.88. The van der Waals surface area contributed by atoms with Crippen LogP contribution >= 0.6 is 7.92 Å². The third kappa shape index (κ3) is 3.18. The van der Waals surface area contributed by atoms with Gasteiger partial charge in [0.05, 0.1) is 0 Å². The standard InChI is InChI=1S/C23H29P/c1-18-10-8-15-21(18)22-16-9-17-23(22)24(19-11-4-2-5-12-19)20-13-6-3-7-14-20/h2-7,11-14,18,21-23H,8-10,15-17H2,1H3/t18-,21+,22-,23-/m1/s1. The highest BCUT2D eigenvalue weighted by Gasteiger charge is 2.42. The molecule has 4 atom stereocenters. The molecule has 0 N–H and O–H groups in total. The average Bonchev–Trinajstić information content (AvgIpc) is 3.26. The first-order valence-corrected chi connectivity index (χ1v) is 11.1. The van der Waals surface area contributed by atoms with E-state index in [-0.39, 0.29) is 7.92 Å². The van der Waals surface area contributed by atoms with E-state index in [2.05, 4.69) is 67.6 Å². The van der Waals surface area contributed by atoms with Crippen molar-refractivity contribution in [1.82, 2.24) is 0 Å². The third-order valence-corrected chi connectivity index (χ3v) is 9.42. The van der Waals surface area contributed by atoms with Gasteiger partial charge in [-0.15, -0.1) is 0 Å². The van der Waals surface area contributed by atoms with Crippen molar-refractivity contribution < 1.29 is 0 Å². The maximum absolute atomic E-state index is 2.51. The van der Waals surface area contributed by atoms with Crippen molar-refractivity contribution in [3.63, 3.8) is 0 Å². The fourth-order valence-corrected chi connectivity index (χ4v) is 8.55. The Labute approximate surface area is 148 Å². The zero-order valence-corrected chi connectivity index (χ0v) is 15.7. The highest BCUT2D eigenvalue weighted by atomic mass is 31.1. The minimum atomic E-state index is -0.226. The lowest BCUT2D eigenvalue weighted by Crippen LogP contribution is -2.29. The van der Waals surface area contributed by atoms with Crippen molar-refractivity contribution >= 4 is 18.5 Å². The molecule has 0 amide bonds. The Hall–Kier alpha value is -1.13. The Kier molecular flexibility index (Phi) is 5.04. The van der Waals surface area contributed by atoms with E-state index in [4.69, 9.17) is 0 Å². The molecule has 0 bridgehead atoms. The first kappa shape index (κ1) is 16.3. The molecule has 0 aliphatic heterocycles. The van der Waals surface area contributed by atoms with Crippen molar-refractivity contribution in [3.05, 3.63) is 60.7 Å². The Morgan fingerprint density at radius 1 is 0.667 bits per heavy atom. The fraction of sp³-hybridized carbons (Fsp3) is 0.478. The van der Waals surface area contributed by atoms with Crippen molar-refractivity contribution in [3.8, 4) is 0 Å². The van der Waals surface area contributed by atoms with Crippen LogP contribution < -0.4 is 10.6 Å². The highest BCUT2D eigenvalue weighted by Crippen LogP contribution is 2.55. The van der Waals surface area contributed by atoms with Crippen LogP contribution in [0.2, 0.25) is 0 Å². The molecule has 2 aliphatic rings. The van der Waals surface area contributed by atoms with E-state index in [9.17, 15) is 0 Å². The number of hydrogen-bond acceptors (Lipinski definition) is 0. The predicted molar refractivity (Wildman–Crippen MR) is 107 cm³/mol. The molecule has 1 heteroatoms. The minimum absolute atomic E-state index is 0.226. The lowest BCUT2D eigenvalue weighted by atomic mass is 9.83. The van der Waals surface area contributed by atoms with Gasteiger partial charge in [-0.05, 0) is 61.2 Å². The van der Waals surface area contributed by atoms with E-state index in [0.717, 1.165) is 23.4 Å². The van der Waals surface area contributed by atoms with Crippen LogP contribution in [0.15, 0.2) is 60.7 Å². The molecule has 2 aliphatic carbocycles. The molecule has 0 unspecified atom stereocenters. The second kappa shape index (κ2) is 7.40. The maximum Gasteiger partial charge on any atom is -0.00977 e. The van der Waals surface area contributed by atoms with E-state index >= 15 is 0 Å². The molecule has 0 radical (unpaired) electrons. The van der Waals surface area contributed by atoms with Gasteiger partial charge in [-0.1, -0.05) is 86.8 Å². The molecule has 4 rings (SSSR count). The summed E-state index contributed by atoms with van der Waals surface area (Å²) >= 11 is 0. The molecule has 0 saturated heterocycles. The summed E-state index contributed by atoms with van der Waals surface area (Å²) in [5.41, 5.74) is 0.885. The summed E-state index contributed by atoms with van der Waals surface area (Å²) in [6, 6.07) is 22.8. The van der Waals surface area contributed by atoms with E-state index in [1.54, 1.807) is 10.6 Å². The van der Waals surface area contributed by atoms with Crippen LogP contribution in [0.3, 0.4) is 0 Å². The van der Waals surface area contributed by atoms with Gasteiger partial charge >= 0.3 is 0 Å². The summed E-state index contributed by atoms with van der Waals surface area (Å²) < 4.78 is 0. The summed E-state index contributed by atoms with van der Waals surface area (Å²) in [6.07, 6.45) is 8.75. The lowest BCUT2D eigenvalue weighted by molar-refractivity contribution is 0.284. The predicted octanol–water partition coefficient (Wildman–Crippen LogP) is 5.72. The normalized spacial score (nSPS) is 30.1. The van der Waals surface area contributed by atoms with Gasteiger partial charge in [-0.25, -0.2) is 0 Å². The van der Waals surface area contributed by atoms with Crippen molar-refractivity contribution in [2.24, 2.45) is 17.8 Å². The SMILES string of the molecule is C[C@@H]1CCC[C@@H]1[C@H]1CCC[C@H]1P(c1ccccc1)c1ccccc1. The Bertz CT molecular complexity index is 596. The van der Waals surface area contributed by atoms with Crippen LogP contribution in [-0.2, 0) is 0 Å². The molecule has 0 heterocycles. The summed E-state index contributed by atoms with van der Waals surface area (Å²) in [4.78, 5) is 0. The van der Waals surface area contributed by atoms with Crippen molar-refractivity contribution in [2.75, 3.05) is 0 Å². The Balaban J connectivity index is 1.70. The Morgan fingerprint density at radius 3 is 1.75 bits per heavy atom. The minimum Gasteiger partial charge on any atom is -0.0622 e. The van der Waals surface area contributed by atoms with Crippen LogP contribution in [0.25, 0.3) is 0 Å². The van der Waals surface area contributed by atoms with E-state index in [0.29, 0.717) is 0 Å². The van der Waals surface area contributed by atoms with Gasteiger partial charge in [0, 0.05) is 0 Å². The number of rotatable bonds is 4. The van der Waals surface area contributed by atoms with Gasteiger partial charge in [-0.3, -0.25) is 0 Å². The summed E-state index contributed by atoms with van der Waals surface area (Å²) in [7, 11) is -0.226. The Morgan fingerprint density at radius 2 is 1.21 bits per heavy atom. The van der Waals surface area contributed by atoms with E-state index in [1.807, 2.05) is 0 Å². The van der Waals surface area contributed by atoms with Gasteiger partial charge in [0.1, 0.15) is 0 Å². The van der Waals surface area contributed by atoms with Crippen LogP contribution in [-0.4, -0.2) is 5.66 Å². The molecule has 2 saturated carbocycles. The zero-order valence-electron chi connectivity index (χ0n) is 14.8. The third-order valence-electron chi connectivity index (χ3n) is 6.41. The van der Waals surface area contributed by atoms with Gasteiger partial charge in [0.2, 0.25) is 0 Å². The number of hydrogen-bond donors (Lipinski definition) is 0. The molecule has 24 heavy (non-hydrogen) atoms. The largest absolute Gasteiger partial charge is 0.0622 e. The van der Waals surface area contributed by atoms with Gasteiger partial charge in [-0.2, -0.15) is 0 Å². The van der Waals surface area contributed by atoms with Gasteiger partial charge in [0.25, 0.3) is 0 Å². The molecule has 2 fully saturated rings. The van der Waals surface area contributed by atoms with Crippen LogP contribution in [0.4, 0.5) is 0 Å². The fourth-order valence-electron chi connectivity index (χ4n) is 5.31. The molecular formula is C23H29P. The van der Waals surface area contributed by atoms with Gasteiger partial charge in [0.15, 0.2) is 0 Å². The van der Waals surface area contributed by atoms with Crippen LogP contribution in [0, 0.1) is 17.8 Å². The zero-order chi connectivity index (χ0) is 16.4. The monoisotopic (exact) mass is 336 g/mol. The molecule has 2 aromatic rings. The number of benzene rings is 2. The first-order valence-electron chi connectivity index (χ1n) is 9.74. The molecule has 0 aromatic heterocycles. The lowest BCUT2D eigenvalue weighted by Gasteiger charge is -2.35. The second-order valence-electron chi connectivity index (χ2n) is 7.78. The van der Waals surface area contributed by atoms with Crippen molar-refractivity contribution in [1.29, 1.82) is 0 Å². The molecule has 0 nitrogen and oxygen atoms in total. The molecular weight excluding hydrogens is 307 g/mol. The highest BCUT2D eigenvalue weighted by molar-refractivity contribution is 7.73. The molecule has 0 spiro atoms. The quantitative estimate of drug-likeness (QED) is 0.626. The smallest absolute Gasteiger partial charge is 0.00977 e. The van der Waals surface area contributed by atoms with Crippen molar-refractivity contribution in [2.45, 2.75) is 51.1 Å². The van der Waals surface area contributed by atoms with E-state index < -0.39 is 0 Å². The average molecular weight is 336 g/mol. The van der Waals surface area contributed by atoms with Crippen LogP contribution in [0.5, 0.6) is 0 Å². The van der Waals surface area contributed by atoms with Gasteiger partial charge < -0.3 is 0 Å². The summed E-state index contributed by atoms with van der Waals surface area (Å²) in [6.45, 7) is 2.51. The summed E-state index contributed by atoms with van der Waals surface area (Å²) in [5, 5.41) is 3.17. The van der Waals surface area contributed by atoms with E-state index in [1.165, 1.54) is 38.5 Å². The first-order chi connectivity index (χ1) is 11.8. The topological polar surface area (TPSA) is 0 Å².